The van der Waals surface area contributed by atoms with Crippen LogP contribution in [-0.4, -0.2) is 11.9 Å². The minimum atomic E-state index is 0.205. The molecule has 1 aromatic heterocycles. The van der Waals surface area contributed by atoms with Crippen molar-refractivity contribution in [3.05, 3.63) is 22.7 Å². The fraction of sp³-hybridized carbons (Fsp3) is 0.182. The predicted molar refractivity (Wildman–Crippen MR) is 62.2 cm³/mol. The van der Waals surface area contributed by atoms with Crippen molar-refractivity contribution < 1.29 is 14.0 Å². The van der Waals surface area contributed by atoms with Crippen LogP contribution in [0.1, 0.15) is 5.56 Å². The van der Waals surface area contributed by atoms with E-state index in [-0.39, 0.29) is 12.7 Å². The van der Waals surface area contributed by atoms with Gasteiger partial charge in [-0.05, 0) is 13.0 Å². The summed E-state index contributed by atoms with van der Waals surface area (Å²) in [5.41, 5.74) is 7.60. The maximum absolute atomic E-state index is 6.26. The van der Waals surface area contributed by atoms with Crippen LogP contribution in [0.3, 0.4) is 0 Å². The first kappa shape index (κ1) is 10.3. The minimum absolute atomic E-state index is 0.205. The Balaban J connectivity index is 2.21. The van der Waals surface area contributed by atoms with Crippen LogP contribution in [0.15, 0.2) is 16.7 Å². The molecule has 1 aliphatic rings. The van der Waals surface area contributed by atoms with Gasteiger partial charge in [0, 0.05) is 17.2 Å². The van der Waals surface area contributed by atoms with Crippen LogP contribution in [0.2, 0.25) is 5.02 Å². The number of aromatic nitrogens is 1. The third kappa shape index (κ3) is 1.51. The predicted octanol–water partition coefficient (Wildman–Crippen LogP) is 2.61. The summed E-state index contributed by atoms with van der Waals surface area (Å²) >= 11 is 6.26. The van der Waals surface area contributed by atoms with Gasteiger partial charge in [0.1, 0.15) is 5.69 Å². The van der Waals surface area contributed by atoms with Crippen molar-refractivity contribution in [3.63, 3.8) is 0 Å². The third-order valence-corrected chi connectivity index (χ3v) is 3.11. The monoisotopic (exact) mass is 252 g/mol. The first-order chi connectivity index (χ1) is 8.16. The van der Waals surface area contributed by atoms with Gasteiger partial charge in [0.15, 0.2) is 11.5 Å². The molecular weight excluding hydrogens is 244 g/mol. The van der Waals surface area contributed by atoms with E-state index < -0.39 is 0 Å². The second-order valence-electron chi connectivity index (χ2n) is 3.71. The largest absolute Gasteiger partial charge is 0.454 e. The average Bonchev–Trinajstić information content (AvgIpc) is 2.91. The molecule has 1 aromatic carbocycles. The summed E-state index contributed by atoms with van der Waals surface area (Å²) in [6, 6.07) is 3.39. The van der Waals surface area contributed by atoms with Crippen molar-refractivity contribution >= 4 is 17.5 Å². The zero-order valence-electron chi connectivity index (χ0n) is 8.99. The second kappa shape index (κ2) is 3.56. The second-order valence-corrected chi connectivity index (χ2v) is 4.09. The number of anilines is 1. The van der Waals surface area contributed by atoms with E-state index in [4.69, 9.17) is 31.3 Å². The number of hydrogen-bond acceptors (Lipinski definition) is 5. The molecule has 2 N–H and O–H groups in total. The molecular formula is C11H9ClN2O3. The Bertz CT molecular complexity index is 595. The molecule has 0 radical (unpaired) electrons. The van der Waals surface area contributed by atoms with Crippen LogP contribution in [0.25, 0.3) is 11.3 Å². The van der Waals surface area contributed by atoms with Gasteiger partial charge in [-0.1, -0.05) is 16.8 Å². The summed E-state index contributed by atoms with van der Waals surface area (Å²) in [5.74, 6) is 1.57. The molecule has 1 aliphatic heterocycles. The van der Waals surface area contributed by atoms with Gasteiger partial charge in [-0.3, -0.25) is 0 Å². The molecule has 17 heavy (non-hydrogen) atoms. The van der Waals surface area contributed by atoms with Gasteiger partial charge in [0.05, 0.1) is 5.02 Å². The van der Waals surface area contributed by atoms with Gasteiger partial charge in [0.25, 0.3) is 0 Å². The number of halogens is 1. The van der Waals surface area contributed by atoms with Gasteiger partial charge < -0.3 is 19.7 Å². The van der Waals surface area contributed by atoms with Crippen molar-refractivity contribution in [2.75, 3.05) is 12.5 Å². The lowest BCUT2D eigenvalue weighted by atomic mass is 10.1. The summed E-state index contributed by atoms with van der Waals surface area (Å²) in [6.45, 7) is 2.07. The number of rotatable bonds is 1. The number of nitrogens with zero attached hydrogens (tertiary/aromatic N) is 1. The number of benzene rings is 1. The Morgan fingerprint density at radius 3 is 2.88 bits per heavy atom. The molecule has 0 unspecified atom stereocenters. The summed E-state index contributed by atoms with van der Waals surface area (Å²) in [7, 11) is 0. The van der Waals surface area contributed by atoms with E-state index in [9.17, 15) is 0 Å². The van der Waals surface area contributed by atoms with Crippen LogP contribution in [0.5, 0.6) is 11.5 Å². The third-order valence-electron chi connectivity index (χ3n) is 2.63. The van der Waals surface area contributed by atoms with Crippen molar-refractivity contribution in [1.82, 2.24) is 5.16 Å². The molecule has 0 saturated carbocycles. The SMILES string of the molecule is Cc1c(Cl)c(-c2cc(N)on2)cc2c1OCO2. The summed E-state index contributed by atoms with van der Waals surface area (Å²) in [4.78, 5) is 0. The Labute approximate surface area is 102 Å². The van der Waals surface area contributed by atoms with Gasteiger partial charge in [0.2, 0.25) is 12.7 Å². The number of hydrogen-bond donors (Lipinski definition) is 1. The molecule has 0 atom stereocenters. The molecule has 0 amide bonds. The summed E-state index contributed by atoms with van der Waals surface area (Å²) in [5, 5.41) is 4.39. The average molecular weight is 253 g/mol. The molecule has 0 bridgehead atoms. The lowest BCUT2D eigenvalue weighted by Crippen LogP contribution is -1.93. The molecule has 88 valence electrons. The molecule has 0 spiro atoms. The highest BCUT2D eigenvalue weighted by Gasteiger charge is 2.22. The number of ether oxygens (including phenoxy) is 2. The van der Waals surface area contributed by atoms with E-state index in [0.29, 0.717) is 27.8 Å². The molecule has 5 nitrogen and oxygen atoms in total. The zero-order valence-corrected chi connectivity index (χ0v) is 9.75. The molecule has 0 saturated heterocycles. The van der Waals surface area contributed by atoms with Crippen LogP contribution in [0.4, 0.5) is 5.88 Å². The molecule has 0 fully saturated rings. The van der Waals surface area contributed by atoms with Gasteiger partial charge in [-0.2, -0.15) is 0 Å². The lowest BCUT2D eigenvalue weighted by Gasteiger charge is -2.07. The number of nitrogen functional groups attached to an aromatic ring is 1. The first-order valence-corrected chi connectivity index (χ1v) is 5.36. The Kier molecular flexibility index (Phi) is 2.16. The van der Waals surface area contributed by atoms with Crippen LogP contribution < -0.4 is 15.2 Å². The van der Waals surface area contributed by atoms with E-state index in [1.807, 2.05) is 6.92 Å². The maximum Gasteiger partial charge on any atom is 0.231 e. The number of fused-ring (bicyclic) bond motifs is 1. The standard InChI is InChI=1S/C11H9ClN2O3/c1-5-10(12)6(7-3-9(13)17-14-7)2-8-11(5)16-4-15-8/h2-3H,4,13H2,1H3. The van der Waals surface area contributed by atoms with Crippen LogP contribution in [-0.2, 0) is 0 Å². The van der Waals surface area contributed by atoms with Crippen molar-refractivity contribution in [2.24, 2.45) is 0 Å². The molecule has 2 aromatic rings. The van der Waals surface area contributed by atoms with Crippen molar-refractivity contribution in [3.8, 4) is 22.8 Å². The lowest BCUT2D eigenvalue weighted by molar-refractivity contribution is 0.173. The molecule has 2 heterocycles. The minimum Gasteiger partial charge on any atom is -0.454 e. The van der Waals surface area contributed by atoms with Crippen molar-refractivity contribution in [1.29, 1.82) is 0 Å². The highest BCUT2D eigenvalue weighted by atomic mass is 35.5. The van der Waals surface area contributed by atoms with E-state index in [1.165, 1.54) is 0 Å². The quantitative estimate of drug-likeness (QED) is 0.845. The Hall–Kier alpha value is -1.88. The van der Waals surface area contributed by atoms with Crippen LogP contribution >= 0.6 is 11.6 Å². The summed E-state index contributed by atoms with van der Waals surface area (Å²) in [6.07, 6.45) is 0. The first-order valence-electron chi connectivity index (χ1n) is 4.98. The zero-order chi connectivity index (χ0) is 12.0. The maximum atomic E-state index is 6.26. The molecule has 6 heteroatoms. The highest BCUT2D eigenvalue weighted by Crippen LogP contribution is 2.44. The summed E-state index contributed by atoms with van der Waals surface area (Å²) < 4.78 is 15.5. The number of nitrogens with two attached hydrogens (primary N) is 1. The Morgan fingerprint density at radius 2 is 2.18 bits per heavy atom. The van der Waals surface area contributed by atoms with E-state index in [1.54, 1.807) is 12.1 Å². The van der Waals surface area contributed by atoms with E-state index in [0.717, 1.165) is 5.56 Å². The van der Waals surface area contributed by atoms with Gasteiger partial charge in [-0.15, -0.1) is 0 Å². The normalized spacial score (nSPS) is 13.1. The van der Waals surface area contributed by atoms with E-state index >= 15 is 0 Å². The smallest absolute Gasteiger partial charge is 0.231 e. The van der Waals surface area contributed by atoms with Gasteiger partial charge >= 0.3 is 0 Å². The highest BCUT2D eigenvalue weighted by molar-refractivity contribution is 6.34. The Morgan fingerprint density at radius 1 is 1.35 bits per heavy atom. The molecule has 0 aliphatic carbocycles. The topological polar surface area (TPSA) is 70.5 Å². The molecule has 3 rings (SSSR count). The van der Waals surface area contributed by atoms with Crippen molar-refractivity contribution in [2.45, 2.75) is 6.92 Å². The van der Waals surface area contributed by atoms with E-state index in [2.05, 4.69) is 5.16 Å². The fourth-order valence-electron chi connectivity index (χ4n) is 1.79. The van der Waals surface area contributed by atoms with Gasteiger partial charge in [-0.25, -0.2) is 0 Å². The fourth-order valence-corrected chi connectivity index (χ4v) is 2.02. The van der Waals surface area contributed by atoms with Crippen LogP contribution in [0, 0.1) is 6.92 Å².